The van der Waals surface area contributed by atoms with Crippen LogP contribution in [0.5, 0.6) is 5.75 Å². The molecule has 0 bridgehead atoms. The van der Waals surface area contributed by atoms with Crippen molar-refractivity contribution in [2.45, 2.75) is 0 Å². The number of carbonyl (C=O) groups is 1. The Morgan fingerprint density at radius 3 is 2.35 bits per heavy atom. The quantitative estimate of drug-likeness (QED) is 0.403. The van der Waals surface area contributed by atoms with Crippen LogP contribution in [0, 0.1) is 0 Å². The second-order valence-electron chi connectivity index (χ2n) is 4.95. The van der Waals surface area contributed by atoms with Crippen LogP contribution in [-0.2, 0) is 0 Å². The Morgan fingerprint density at radius 2 is 1.80 bits per heavy atom. The number of amides is 1. The molecule has 1 amide bonds. The minimum atomic E-state index is -0.306. The van der Waals surface area contributed by atoms with Crippen molar-refractivity contribution in [3.8, 4) is 5.75 Å². The van der Waals surface area contributed by atoms with Gasteiger partial charge in [-0.15, -0.1) is 0 Å². The third kappa shape index (κ3) is 6.01. The summed E-state index contributed by atoms with van der Waals surface area (Å²) in [6.07, 6.45) is 0. The number of benzene rings is 1. The van der Waals surface area contributed by atoms with E-state index in [-0.39, 0.29) is 5.91 Å². The number of hydrogen-bond donors (Lipinski definition) is 2. The lowest BCUT2D eigenvalue weighted by Crippen LogP contribution is -2.31. The summed E-state index contributed by atoms with van der Waals surface area (Å²) in [4.78, 5) is 15.6. The second-order valence-corrected chi connectivity index (χ2v) is 4.95. The monoisotopic (exact) mass is 280 g/mol. The van der Waals surface area contributed by atoms with Crippen molar-refractivity contribution in [2.75, 3.05) is 47.4 Å². The van der Waals surface area contributed by atoms with E-state index in [4.69, 9.17) is 10.6 Å². The highest BCUT2D eigenvalue weighted by Crippen LogP contribution is 2.11. The molecule has 0 aliphatic heterocycles. The van der Waals surface area contributed by atoms with E-state index in [9.17, 15) is 4.79 Å². The van der Waals surface area contributed by atoms with Crippen LogP contribution in [-0.4, -0.2) is 63.1 Å². The molecule has 0 heterocycles. The molecule has 0 unspecified atom stereocenters. The van der Waals surface area contributed by atoms with E-state index in [0.29, 0.717) is 12.2 Å². The predicted octanol–water partition coefficient (Wildman–Crippen LogP) is 0.162. The summed E-state index contributed by atoms with van der Waals surface area (Å²) < 4.78 is 5.63. The fourth-order valence-electron chi connectivity index (χ4n) is 1.59. The number of nitrogens with two attached hydrogens (primary N) is 1. The third-order valence-electron chi connectivity index (χ3n) is 2.92. The summed E-state index contributed by atoms with van der Waals surface area (Å²) in [7, 11) is 6.19. The van der Waals surface area contributed by atoms with Crippen molar-refractivity contribution in [1.82, 2.24) is 15.2 Å². The highest BCUT2D eigenvalue weighted by Gasteiger charge is 2.03. The molecular weight excluding hydrogens is 256 g/mol. The normalized spacial score (nSPS) is 10.9. The number of hydrogen-bond acceptors (Lipinski definition) is 5. The van der Waals surface area contributed by atoms with Gasteiger partial charge in [-0.3, -0.25) is 10.2 Å². The van der Waals surface area contributed by atoms with E-state index >= 15 is 0 Å². The van der Waals surface area contributed by atoms with Gasteiger partial charge in [0.25, 0.3) is 5.91 Å². The first kappa shape index (κ1) is 16.4. The Hall–Kier alpha value is -1.63. The van der Waals surface area contributed by atoms with E-state index in [1.54, 1.807) is 24.3 Å². The first-order valence-electron chi connectivity index (χ1n) is 6.60. The molecule has 1 rings (SSSR count). The van der Waals surface area contributed by atoms with Crippen LogP contribution in [0.25, 0.3) is 0 Å². The highest BCUT2D eigenvalue weighted by atomic mass is 16.5. The lowest BCUT2D eigenvalue weighted by molar-refractivity contribution is 0.0953. The van der Waals surface area contributed by atoms with Gasteiger partial charge in [0.2, 0.25) is 0 Å². The van der Waals surface area contributed by atoms with Crippen LogP contribution in [0.15, 0.2) is 24.3 Å². The van der Waals surface area contributed by atoms with Crippen molar-refractivity contribution in [3.05, 3.63) is 29.8 Å². The fraction of sp³-hybridized carbons (Fsp3) is 0.500. The molecule has 1 aromatic rings. The minimum absolute atomic E-state index is 0.306. The van der Waals surface area contributed by atoms with Crippen LogP contribution in [0.2, 0.25) is 0 Å². The molecule has 20 heavy (non-hydrogen) atoms. The molecule has 0 saturated heterocycles. The van der Waals surface area contributed by atoms with Gasteiger partial charge in [0, 0.05) is 25.2 Å². The number of nitrogens with one attached hydrogen (secondary N) is 1. The summed E-state index contributed by atoms with van der Waals surface area (Å²) in [6, 6.07) is 6.91. The number of carbonyl (C=O) groups excluding carboxylic acids is 1. The van der Waals surface area contributed by atoms with Gasteiger partial charge >= 0.3 is 0 Å². The van der Waals surface area contributed by atoms with Crippen LogP contribution < -0.4 is 16.0 Å². The molecule has 0 aromatic heterocycles. The van der Waals surface area contributed by atoms with Gasteiger partial charge in [-0.25, -0.2) is 5.84 Å². The van der Waals surface area contributed by atoms with Gasteiger partial charge < -0.3 is 14.5 Å². The molecule has 0 aliphatic rings. The topological polar surface area (TPSA) is 70.8 Å². The van der Waals surface area contributed by atoms with E-state index in [1.807, 2.05) is 0 Å². The summed E-state index contributed by atoms with van der Waals surface area (Å²) in [5.41, 5.74) is 2.61. The van der Waals surface area contributed by atoms with Gasteiger partial charge in [0.15, 0.2) is 0 Å². The Labute approximate surface area is 120 Å². The SMILES string of the molecule is CN(C)CCN(C)CCOc1ccc(C(=O)NN)cc1. The Kier molecular flexibility index (Phi) is 7.00. The molecule has 1 aromatic carbocycles. The van der Waals surface area contributed by atoms with E-state index < -0.39 is 0 Å². The Morgan fingerprint density at radius 1 is 1.15 bits per heavy atom. The lowest BCUT2D eigenvalue weighted by atomic mass is 10.2. The van der Waals surface area contributed by atoms with Gasteiger partial charge in [-0.1, -0.05) is 0 Å². The molecule has 0 radical (unpaired) electrons. The summed E-state index contributed by atoms with van der Waals surface area (Å²) in [5, 5.41) is 0. The van der Waals surface area contributed by atoms with Crippen molar-refractivity contribution in [1.29, 1.82) is 0 Å². The second kappa shape index (κ2) is 8.52. The van der Waals surface area contributed by atoms with Gasteiger partial charge in [0.1, 0.15) is 12.4 Å². The first-order chi connectivity index (χ1) is 9.52. The highest BCUT2D eigenvalue weighted by molar-refractivity contribution is 5.93. The average molecular weight is 280 g/mol. The van der Waals surface area contributed by atoms with Crippen LogP contribution >= 0.6 is 0 Å². The van der Waals surface area contributed by atoms with E-state index in [0.717, 1.165) is 25.4 Å². The number of nitrogen functional groups attached to an aromatic ring is 1. The average Bonchev–Trinajstić information content (AvgIpc) is 2.45. The summed E-state index contributed by atoms with van der Waals surface area (Å²) >= 11 is 0. The zero-order valence-corrected chi connectivity index (χ0v) is 12.4. The molecule has 3 N–H and O–H groups in total. The molecule has 0 saturated carbocycles. The summed E-state index contributed by atoms with van der Waals surface area (Å²) in [5.74, 6) is 5.51. The van der Waals surface area contributed by atoms with Crippen LogP contribution in [0.1, 0.15) is 10.4 Å². The molecule has 6 nitrogen and oxygen atoms in total. The Bertz CT molecular complexity index is 406. The predicted molar refractivity (Wildman–Crippen MR) is 79.6 cm³/mol. The maximum atomic E-state index is 11.3. The van der Waals surface area contributed by atoms with Crippen molar-refractivity contribution < 1.29 is 9.53 Å². The fourth-order valence-corrected chi connectivity index (χ4v) is 1.59. The number of ether oxygens (including phenoxy) is 1. The largest absolute Gasteiger partial charge is 0.492 e. The summed E-state index contributed by atoms with van der Waals surface area (Å²) in [6.45, 7) is 3.51. The Balaban J connectivity index is 2.30. The molecule has 0 aliphatic carbocycles. The zero-order valence-electron chi connectivity index (χ0n) is 12.4. The van der Waals surface area contributed by atoms with Gasteiger partial charge in [0.05, 0.1) is 0 Å². The maximum absolute atomic E-state index is 11.3. The first-order valence-corrected chi connectivity index (χ1v) is 6.60. The standard InChI is InChI=1S/C14H24N4O2/c1-17(2)8-9-18(3)10-11-20-13-6-4-12(5-7-13)14(19)16-15/h4-7H,8-11,15H2,1-3H3,(H,16,19). The smallest absolute Gasteiger partial charge is 0.265 e. The number of rotatable bonds is 8. The van der Waals surface area contributed by atoms with Gasteiger partial charge in [-0.05, 0) is 45.4 Å². The molecule has 112 valence electrons. The third-order valence-corrected chi connectivity index (χ3v) is 2.92. The van der Waals surface area contributed by atoms with Crippen molar-refractivity contribution in [3.63, 3.8) is 0 Å². The van der Waals surface area contributed by atoms with Gasteiger partial charge in [-0.2, -0.15) is 0 Å². The minimum Gasteiger partial charge on any atom is -0.492 e. The van der Waals surface area contributed by atoms with Crippen LogP contribution in [0.3, 0.4) is 0 Å². The van der Waals surface area contributed by atoms with Crippen molar-refractivity contribution >= 4 is 5.91 Å². The van der Waals surface area contributed by atoms with Crippen LogP contribution in [0.4, 0.5) is 0 Å². The van der Waals surface area contributed by atoms with Crippen molar-refractivity contribution in [2.24, 2.45) is 5.84 Å². The molecule has 6 heteroatoms. The number of nitrogens with zero attached hydrogens (tertiary/aromatic N) is 2. The lowest BCUT2D eigenvalue weighted by Gasteiger charge is -2.19. The maximum Gasteiger partial charge on any atom is 0.265 e. The molecular formula is C14H24N4O2. The number of hydrazine groups is 1. The van der Waals surface area contributed by atoms with E-state index in [2.05, 4.69) is 36.4 Å². The zero-order chi connectivity index (χ0) is 15.0. The van der Waals surface area contributed by atoms with E-state index in [1.165, 1.54) is 0 Å². The molecule has 0 spiro atoms. The number of likely N-dealkylation sites (N-methyl/N-ethyl adjacent to an activating group) is 2. The molecule has 0 atom stereocenters. The molecule has 0 fully saturated rings.